The van der Waals surface area contributed by atoms with Gasteiger partial charge in [-0.1, -0.05) is 42.5 Å². The molecule has 26 heavy (non-hydrogen) atoms. The maximum atomic E-state index is 5.97. The van der Waals surface area contributed by atoms with Gasteiger partial charge in [-0.3, -0.25) is 4.99 Å². The van der Waals surface area contributed by atoms with Crippen molar-refractivity contribution in [2.24, 2.45) is 4.99 Å². The largest absolute Gasteiger partial charge is 0.493 e. The maximum absolute atomic E-state index is 5.97. The molecule has 0 fully saturated rings. The van der Waals surface area contributed by atoms with E-state index in [1.807, 2.05) is 56.4 Å². The van der Waals surface area contributed by atoms with E-state index in [9.17, 15) is 0 Å². The van der Waals surface area contributed by atoms with Crippen molar-refractivity contribution in [1.82, 2.24) is 10.2 Å². The highest BCUT2D eigenvalue weighted by Crippen LogP contribution is 2.26. The highest BCUT2D eigenvalue weighted by molar-refractivity contribution is 14.0. The quantitative estimate of drug-likeness (QED) is 0.381. The number of guanidine groups is 1. The minimum Gasteiger partial charge on any atom is -0.493 e. The van der Waals surface area contributed by atoms with Gasteiger partial charge in [-0.05, 0) is 24.6 Å². The van der Waals surface area contributed by atoms with E-state index in [0.29, 0.717) is 6.54 Å². The second-order valence-corrected chi connectivity index (χ2v) is 5.85. The first-order valence-electron chi connectivity index (χ1n) is 8.39. The van der Waals surface area contributed by atoms with Crippen LogP contribution in [0, 0.1) is 0 Å². The monoisotopic (exact) mass is 469 g/mol. The number of rotatable bonds is 7. The Morgan fingerprint density at radius 2 is 1.69 bits per heavy atom. The molecule has 0 spiro atoms. The van der Waals surface area contributed by atoms with E-state index < -0.39 is 0 Å². The summed E-state index contributed by atoms with van der Waals surface area (Å²) in [5, 5.41) is 3.36. The summed E-state index contributed by atoms with van der Waals surface area (Å²) in [6, 6.07) is 18.0. The average Bonchev–Trinajstić information content (AvgIpc) is 2.63. The van der Waals surface area contributed by atoms with E-state index in [2.05, 4.69) is 27.3 Å². The first kappa shape index (κ1) is 22.1. The van der Waals surface area contributed by atoms with Gasteiger partial charge in [-0.15, -0.1) is 24.0 Å². The second-order valence-electron chi connectivity index (χ2n) is 5.85. The number of aliphatic imine (C=N–C) groups is 1. The molecule has 0 amide bonds. The lowest BCUT2D eigenvalue weighted by molar-refractivity contribution is 0.212. The number of methoxy groups -OCH3 is 1. The lowest BCUT2D eigenvalue weighted by Crippen LogP contribution is -2.42. The fourth-order valence-corrected chi connectivity index (χ4v) is 2.53. The molecule has 0 saturated heterocycles. The molecule has 0 aliphatic rings. The number of hydrogen-bond acceptors (Lipinski definition) is 3. The Bertz CT molecular complexity index is 680. The lowest BCUT2D eigenvalue weighted by atomic mass is 10.2. The normalized spacial score (nSPS) is 11.9. The number of hydrogen-bond donors (Lipinski definition) is 1. The van der Waals surface area contributed by atoms with Gasteiger partial charge in [0.15, 0.2) is 17.5 Å². The van der Waals surface area contributed by atoms with Crippen LogP contribution in [0.1, 0.15) is 12.5 Å². The van der Waals surface area contributed by atoms with Crippen molar-refractivity contribution in [2.45, 2.75) is 19.6 Å². The summed E-state index contributed by atoms with van der Waals surface area (Å²) in [7, 11) is 5.45. The molecular weight excluding hydrogens is 441 g/mol. The molecule has 5 nitrogen and oxygen atoms in total. The predicted molar refractivity (Wildman–Crippen MR) is 118 cm³/mol. The van der Waals surface area contributed by atoms with Gasteiger partial charge in [-0.2, -0.15) is 0 Å². The Balaban J connectivity index is 0.00000338. The smallest absolute Gasteiger partial charge is 0.193 e. The number of para-hydroxylation sites is 2. The third-order valence-corrected chi connectivity index (χ3v) is 3.78. The van der Waals surface area contributed by atoms with Crippen LogP contribution in [-0.4, -0.2) is 44.7 Å². The number of benzene rings is 2. The molecule has 0 aliphatic heterocycles. The maximum Gasteiger partial charge on any atom is 0.193 e. The van der Waals surface area contributed by atoms with Crippen molar-refractivity contribution in [3.63, 3.8) is 0 Å². The van der Waals surface area contributed by atoms with Crippen molar-refractivity contribution in [3.05, 3.63) is 60.2 Å². The average molecular weight is 469 g/mol. The summed E-state index contributed by atoms with van der Waals surface area (Å²) in [6.07, 6.45) is -0.0295. The van der Waals surface area contributed by atoms with Crippen molar-refractivity contribution in [3.8, 4) is 11.5 Å². The molecule has 2 rings (SSSR count). The van der Waals surface area contributed by atoms with Crippen molar-refractivity contribution in [2.75, 3.05) is 27.7 Å². The molecule has 142 valence electrons. The molecule has 0 radical (unpaired) electrons. The molecule has 0 saturated carbocycles. The highest BCUT2D eigenvalue weighted by atomic mass is 127. The molecular formula is C20H28IN3O2. The molecule has 0 heterocycles. The van der Waals surface area contributed by atoms with Gasteiger partial charge in [0, 0.05) is 20.6 Å². The molecule has 0 bridgehead atoms. The zero-order chi connectivity index (χ0) is 18.1. The minimum absolute atomic E-state index is 0. The van der Waals surface area contributed by atoms with E-state index in [1.165, 1.54) is 5.56 Å². The van der Waals surface area contributed by atoms with Crippen LogP contribution in [0.3, 0.4) is 0 Å². The third-order valence-electron chi connectivity index (χ3n) is 3.78. The van der Waals surface area contributed by atoms with Crippen molar-refractivity contribution < 1.29 is 9.47 Å². The molecule has 0 aromatic heterocycles. The lowest BCUT2D eigenvalue weighted by Gasteiger charge is -2.24. The van der Waals surface area contributed by atoms with E-state index in [4.69, 9.17) is 9.47 Å². The van der Waals surface area contributed by atoms with Crippen LogP contribution < -0.4 is 14.8 Å². The first-order valence-corrected chi connectivity index (χ1v) is 8.39. The molecule has 1 atom stereocenters. The fraction of sp³-hybridized carbons (Fsp3) is 0.350. The van der Waals surface area contributed by atoms with Gasteiger partial charge in [0.05, 0.1) is 13.7 Å². The molecule has 2 aromatic carbocycles. The summed E-state index contributed by atoms with van der Waals surface area (Å²) < 4.78 is 11.3. The summed E-state index contributed by atoms with van der Waals surface area (Å²) in [5.74, 6) is 2.31. The summed E-state index contributed by atoms with van der Waals surface area (Å²) in [5.41, 5.74) is 1.24. The highest BCUT2D eigenvalue weighted by Gasteiger charge is 2.11. The predicted octanol–water partition coefficient (Wildman–Crippen LogP) is 3.79. The van der Waals surface area contributed by atoms with Crippen molar-refractivity contribution >= 4 is 29.9 Å². The SMILES string of the molecule is CN=C(NCC(C)Oc1ccccc1OC)N(C)Cc1ccccc1.I. The fourth-order valence-electron chi connectivity index (χ4n) is 2.53. The molecule has 1 N–H and O–H groups in total. The van der Waals surface area contributed by atoms with E-state index in [0.717, 1.165) is 24.0 Å². The number of nitrogens with one attached hydrogen (secondary N) is 1. The summed E-state index contributed by atoms with van der Waals surface area (Å²) in [4.78, 5) is 6.44. The molecule has 1 unspecified atom stereocenters. The van der Waals surface area contributed by atoms with Gasteiger partial charge >= 0.3 is 0 Å². The van der Waals surface area contributed by atoms with Crippen LogP contribution in [0.15, 0.2) is 59.6 Å². The second kappa shape index (κ2) is 11.6. The topological polar surface area (TPSA) is 46.1 Å². The van der Waals surface area contributed by atoms with Crippen LogP contribution in [0.2, 0.25) is 0 Å². The Hall–Kier alpha value is -1.96. The third kappa shape index (κ3) is 6.74. The van der Waals surface area contributed by atoms with Gasteiger partial charge in [-0.25, -0.2) is 0 Å². The summed E-state index contributed by atoms with van der Waals surface area (Å²) in [6.45, 7) is 3.45. The number of nitrogens with zero attached hydrogens (tertiary/aromatic N) is 2. The Labute approximate surface area is 173 Å². The van der Waals surface area contributed by atoms with Gasteiger partial charge in [0.25, 0.3) is 0 Å². The molecule has 6 heteroatoms. The van der Waals surface area contributed by atoms with Gasteiger partial charge < -0.3 is 19.7 Å². The minimum atomic E-state index is -0.0295. The first-order chi connectivity index (χ1) is 12.1. The molecule has 2 aromatic rings. The number of halogens is 1. The van der Waals surface area contributed by atoms with E-state index in [-0.39, 0.29) is 30.1 Å². The van der Waals surface area contributed by atoms with Crippen LogP contribution in [-0.2, 0) is 6.54 Å². The van der Waals surface area contributed by atoms with Crippen LogP contribution in [0.4, 0.5) is 0 Å². The Kier molecular flexibility index (Phi) is 9.87. The van der Waals surface area contributed by atoms with Gasteiger partial charge in [0.2, 0.25) is 0 Å². The zero-order valence-electron chi connectivity index (χ0n) is 15.8. The van der Waals surface area contributed by atoms with Crippen LogP contribution in [0.5, 0.6) is 11.5 Å². The van der Waals surface area contributed by atoms with Gasteiger partial charge in [0.1, 0.15) is 6.10 Å². The van der Waals surface area contributed by atoms with E-state index >= 15 is 0 Å². The molecule has 0 aliphatic carbocycles. The van der Waals surface area contributed by atoms with Crippen molar-refractivity contribution in [1.29, 1.82) is 0 Å². The summed E-state index contributed by atoms with van der Waals surface area (Å²) >= 11 is 0. The Morgan fingerprint density at radius 3 is 2.31 bits per heavy atom. The Morgan fingerprint density at radius 1 is 1.08 bits per heavy atom. The van der Waals surface area contributed by atoms with E-state index in [1.54, 1.807) is 14.2 Å². The standard InChI is InChI=1S/C20H27N3O2.HI/c1-16(25-19-13-9-8-12-18(19)24-4)14-22-20(21-2)23(3)15-17-10-6-5-7-11-17;/h5-13,16H,14-15H2,1-4H3,(H,21,22);1H. The van der Waals surface area contributed by atoms with Crippen LogP contribution >= 0.6 is 24.0 Å². The van der Waals surface area contributed by atoms with Crippen LogP contribution in [0.25, 0.3) is 0 Å². The zero-order valence-corrected chi connectivity index (χ0v) is 18.1. The number of ether oxygens (including phenoxy) is 2.